The standard InChI is InChI=1S/C18H34O3/c1-2-3-4-7-10-15-13-14-17(19)16(15)11-8-5-6-9-12-18(20)21/h15-17,19H,2-14H2,1H3,(H,20,21)/t15-,16-,17-/m1/s1. The van der Waals surface area contributed by atoms with Crippen molar-refractivity contribution < 1.29 is 15.0 Å². The van der Waals surface area contributed by atoms with Crippen LogP contribution in [-0.2, 0) is 4.79 Å². The van der Waals surface area contributed by atoms with Crippen molar-refractivity contribution in [1.29, 1.82) is 0 Å². The predicted molar refractivity (Wildman–Crippen MR) is 86.3 cm³/mol. The highest BCUT2D eigenvalue weighted by Crippen LogP contribution is 2.38. The molecule has 0 unspecified atom stereocenters. The summed E-state index contributed by atoms with van der Waals surface area (Å²) >= 11 is 0. The summed E-state index contributed by atoms with van der Waals surface area (Å²) in [5, 5.41) is 18.8. The number of aliphatic hydroxyl groups excluding tert-OH is 1. The SMILES string of the molecule is CCCCCC[C@@H]1CC[C@@H](O)[C@@H]1CCCCCCC(=O)O. The quantitative estimate of drug-likeness (QED) is 0.510. The van der Waals surface area contributed by atoms with Gasteiger partial charge in [-0.3, -0.25) is 4.79 Å². The Morgan fingerprint density at radius 2 is 1.62 bits per heavy atom. The lowest BCUT2D eigenvalue weighted by molar-refractivity contribution is -0.137. The Bertz CT molecular complexity index is 278. The first-order chi connectivity index (χ1) is 10.1. The minimum atomic E-state index is -0.687. The van der Waals surface area contributed by atoms with Crippen LogP contribution < -0.4 is 0 Å². The number of carboxylic acid groups (broad SMARTS) is 1. The van der Waals surface area contributed by atoms with Gasteiger partial charge >= 0.3 is 5.97 Å². The number of carbonyl (C=O) groups is 1. The van der Waals surface area contributed by atoms with Crippen LogP contribution in [0.4, 0.5) is 0 Å². The first kappa shape index (κ1) is 18.5. The second-order valence-corrected chi connectivity index (χ2v) is 6.76. The fourth-order valence-electron chi connectivity index (χ4n) is 3.76. The molecular formula is C18H34O3. The molecule has 0 aromatic rings. The molecule has 1 aliphatic rings. The third-order valence-corrected chi connectivity index (χ3v) is 5.04. The van der Waals surface area contributed by atoms with Gasteiger partial charge < -0.3 is 10.2 Å². The highest BCUT2D eigenvalue weighted by Gasteiger charge is 2.33. The van der Waals surface area contributed by atoms with Crippen molar-refractivity contribution >= 4 is 5.97 Å². The number of aliphatic hydroxyl groups is 1. The number of aliphatic carboxylic acids is 1. The molecule has 0 aromatic carbocycles. The van der Waals surface area contributed by atoms with E-state index in [0.717, 1.165) is 44.4 Å². The van der Waals surface area contributed by atoms with Crippen molar-refractivity contribution in [2.45, 2.75) is 96.5 Å². The summed E-state index contributed by atoms with van der Waals surface area (Å²) < 4.78 is 0. The van der Waals surface area contributed by atoms with Crippen LogP contribution >= 0.6 is 0 Å². The molecule has 21 heavy (non-hydrogen) atoms. The molecule has 3 atom stereocenters. The predicted octanol–water partition coefficient (Wildman–Crippen LogP) is 4.77. The number of carboxylic acids is 1. The van der Waals surface area contributed by atoms with Crippen LogP contribution in [-0.4, -0.2) is 22.3 Å². The fraction of sp³-hybridized carbons (Fsp3) is 0.944. The summed E-state index contributed by atoms with van der Waals surface area (Å²) in [7, 11) is 0. The molecule has 0 spiro atoms. The molecular weight excluding hydrogens is 264 g/mol. The van der Waals surface area contributed by atoms with E-state index < -0.39 is 5.97 Å². The molecule has 1 rings (SSSR count). The highest BCUT2D eigenvalue weighted by atomic mass is 16.4. The number of rotatable bonds is 12. The lowest BCUT2D eigenvalue weighted by atomic mass is 9.86. The Hall–Kier alpha value is -0.570. The minimum absolute atomic E-state index is 0.0832. The molecule has 0 heterocycles. The summed E-state index contributed by atoms with van der Waals surface area (Å²) in [6, 6.07) is 0. The van der Waals surface area contributed by atoms with Crippen molar-refractivity contribution in [3.63, 3.8) is 0 Å². The Labute approximate surface area is 130 Å². The lowest BCUT2D eigenvalue weighted by Gasteiger charge is -2.22. The summed E-state index contributed by atoms with van der Waals surface area (Å²) in [5.74, 6) is 0.551. The topological polar surface area (TPSA) is 57.5 Å². The first-order valence-corrected chi connectivity index (χ1v) is 9.05. The van der Waals surface area contributed by atoms with E-state index in [1.54, 1.807) is 0 Å². The average Bonchev–Trinajstić information content (AvgIpc) is 2.79. The lowest BCUT2D eigenvalue weighted by Crippen LogP contribution is -2.19. The largest absolute Gasteiger partial charge is 0.481 e. The fourth-order valence-corrected chi connectivity index (χ4v) is 3.76. The van der Waals surface area contributed by atoms with Crippen molar-refractivity contribution in [2.75, 3.05) is 0 Å². The van der Waals surface area contributed by atoms with Crippen LogP contribution in [0.25, 0.3) is 0 Å². The molecule has 0 amide bonds. The molecule has 0 radical (unpaired) electrons. The van der Waals surface area contributed by atoms with E-state index in [1.807, 2.05) is 0 Å². The van der Waals surface area contributed by atoms with Crippen LogP contribution in [0.15, 0.2) is 0 Å². The van der Waals surface area contributed by atoms with E-state index >= 15 is 0 Å². The van der Waals surface area contributed by atoms with Crippen LogP contribution in [0, 0.1) is 11.8 Å². The molecule has 3 heteroatoms. The van der Waals surface area contributed by atoms with E-state index in [0.29, 0.717) is 12.3 Å². The van der Waals surface area contributed by atoms with Crippen molar-refractivity contribution in [3.05, 3.63) is 0 Å². The molecule has 124 valence electrons. The summed E-state index contributed by atoms with van der Waals surface area (Å²) in [4.78, 5) is 10.4. The van der Waals surface area contributed by atoms with E-state index in [4.69, 9.17) is 5.11 Å². The zero-order valence-electron chi connectivity index (χ0n) is 13.7. The summed E-state index contributed by atoms with van der Waals surface area (Å²) in [5.41, 5.74) is 0. The maximum absolute atomic E-state index is 10.4. The molecule has 3 nitrogen and oxygen atoms in total. The third-order valence-electron chi connectivity index (χ3n) is 5.04. The van der Waals surface area contributed by atoms with Gasteiger partial charge in [0.1, 0.15) is 0 Å². The van der Waals surface area contributed by atoms with Gasteiger partial charge in [0.2, 0.25) is 0 Å². The van der Waals surface area contributed by atoms with Gasteiger partial charge in [0.15, 0.2) is 0 Å². The normalized spacial score (nSPS) is 25.3. The van der Waals surface area contributed by atoms with Crippen LogP contribution in [0.3, 0.4) is 0 Å². The molecule has 0 bridgehead atoms. The third kappa shape index (κ3) is 7.85. The Morgan fingerprint density at radius 1 is 0.952 bits per heavy atom. The van der Waals surface area contributed by atoms with E-state index in [1.165, 1.54) is 38.5 Å². The molecule has 1 fully saturated rings. The van der Waals surface area contributed by atoms with Crippen LogP contribution in [0.1, 0.15) is 90.4 Å². The monoisotopic (exact) mass is 298 g/mol. The maximum atomic E-state index is 10.4. The Kier molecular flexibility index (Phi) is 9.73. The van der Waals surface area contributed by atoms with Gasteiger partial charge in [0.25, 0.3) is 0 Å². The van der Waals surface area contributed by atoms with Gasteiger partial charge in [-0.25, -0.2) is 0 Å². The van der Waals surface area contributed by atoms with E-state index in [2.05, 4.69) is 6.92 Å². The van der Waals surface area contributed by atoms with Gasteiger partial charge in [-0.1, -0.05) is 58.3 Å². The number of hydrogen-bond acceptors (Lipinski definition) is 2. The van der Waals surface area contributed by atoms with Crippen molar-refractivity contribution in [2.24, 2.45) is 11.8 Å². The highest BCUT2D eigenvalue weighted by molar-refractivity contribution is 5.66. The first-order valence-electron chi connectivity index (χ1n) is 9.05. The maximum Gasteiger partial charge on any atom is 0.303 e. The van der Waals surface area contributed by atoms with Crippen molar-refractivity contribution in [1.82, 2.24) is 0 Å². The minimum Gasteiger partial charge on any atom is -0.481 e. The average molecular weight is 298 g/mol. The van der Waals surface area contributed by atoms with Crippen molar-refractivity contribution in [3.8, 4) is 0 Å². The van der Waals surface area contributed by atoms with E-state index in [9.17, 15) is 9.90 Å². The Morgan fingerprint density at radius 3 is 2.33 bits per heavy atom. The zero-order valence-corrected chi connectivity index (χ0v) is 13.7. The van der Waals surface area contributed by atoms with Crippen LogP contribution in [0.2, 0.25) is 0 Å². The van der Waals surface area contributed by atoms with Gasteiger partial charge in [-0.2, -0.15) is 0 Å². The molecule has 1 aliphatic carbocycles. The number of unbranched alkanes of at least 4 members (excludes halogenated alkanes) is 6. The summed E-state index contributed by atoms with van der Waals surface area (Å²) in [6.07, 6.45) is 14.2. The zero-order chi connectivity index (χ0) is 15.5. The summed E-state index contributed by atoms with van der Waals surface area (Å²) in [6.45, 7) is 2.24. The Balaban J connectivity index is 2.13. The van der Waals surface area contributed by atoms with Gasteiger partial charge in [-0.15, -0.1) is 0 Å². The molecule has 1 saturated carbocycles. The van der Waals surface area contributed by atoms with Crippen LogP contribution in [0.5, 0.6) is 0 Å². The second-order valence-electron chi connectivity index (χ2n) is 6.76. The van der Waals surface area contributed by atoms with Gasteiger partial charge in [0, 0.05) is 6.42 Å². The second kappa shape index (κ2) is 11.1. The van der Waals surface area contributed by atoms with E-state index in [-0.39, 0.29) is 6.10 Å². The van der Waals surface area contributed by atoms with Gasteiger partial charge in [0.05, 0.1) is 6.10 Å². The number of hydrogen-bond donors (Lipinski definition) is 2. The molecule has 2 N–H and O–H groups in total. The smallest absolute Gasteiger partial charge is 0.303 e. The molecule has 0 aliphatic heterocycles. The van der Waals surface area contributed by atoms with Gasteiger partial charge in [-0.05, 0) is 37.5 Å². The molecule has 0 aromatic heterocycles. The molecule has 0 saturated heterocycles.